The molecule has 1 aromatic carbocycles. The fraction of sp³-hybridized carbons (Fsp3) is 0. The van der Waals surface area contributed by atoms with Crippen LogP contribution in [0.25, 0.3) is 10.1 Å². The van der Waals surface area contributed by atoms with Crippen molar-refractivity contribution in [2.24, 2.45) is 0 Å². The quantitative estimate of drug-likeness (QED) is 0.650. The van der Waals surface area contributed by atoms with Gasteiger partial charge in [-0.15, -0.1) is 11.3 Å². The zero-order valence-electron chi connectivity index (χ0n) is 5.47. The minimum absolute atomic E-state index is 0.840. The lowest BCUT2D eigenvalue weighted by atomic mass is 10.3. The summed E-state index contributed by atoms with van der Waals surface area (Å²) in [6.45, 7) is 0. The molecule has 0 bridgehead atoms. The molecule has 0 aliphatic carbocycles. The van der Waals surface area contributed by atoms with Crippen molar-refractivity contribution in [2.75, 3.05) is 0 Å². The molecule has 0 unspecified atom stereocenters. The first-order chi connectivity index (χ1) is 5.27. The molecule has 3 heteroatoms. The summed E-state index contributed by atoms with van der Waals surface area (Å²) >= 11 is 10.9. The van der Waals surface area contributed by atoms with Crippen LogP contribution in [0, 0.1) is 0 Å². The summed E-state index contributed by atoms with van der Waals surface area (Å²) in [6, 6.07) is 8.08. The number of hydrogen-bond acceptors (Lipinski definition) is 1. The first kappa shape index (κ1) is 7.59. The van der Waals surface area contributed by atoms with Gasteiger partial charge >= 0.3 is 0 Å². The largest absolute Gasteiger partial charge is 0.123 e. The van der Waals surface area contributed by atoms with Gasteiger partial charge in [-0.25, -0.2) is 0 Å². The molecule has 0 radical (unpaired) electrons. The maximum absolute atomic E-state index is 5.85. The summed E-state index contributed by atoms with van der Waals surface area (Å²) in [6.07, 6.45) is 0. The Morgan fingerprint density at radius 2 is 2.18 bits per heavy atom. The highest BCUT2D eigenvalue weighted by Crippen LogP contribution is 2.33. The lowest BCUT2D eigenvalue weighted by Crippen LogP contribution is -1.63. The standard InChI is InChI=1S/C8H4BrClS/c9-6-2-1-3-7-5(6)4-8(10)11-7/h1-4H. The Balaban J connectivity index is 2.90. The molecular weight excluding hydrogens is 244 g/mol. The highest BCUT2D eigenvalue weighted by molar-refractivity contribution is 9.10. The number of benzene rings is 1. The molecule has 1 heterocycles. The highest BCUT2D eigenvalue weighted by atomic mass is 79.9. The molecule has 0 N–H and O–H groups in total. The summed E-state index contributed by atoms with van der Waals surface area (Å²) in [5, 5.41) is 1.20. The van der Waals surface area contributed by atoms with Crippen molar-refractivity contribution in [3.8, 4) is 0 Å². The van der Waals surface area contributed by atoms with Gasteiger partial charge in [0, 0.05) is 14.6 Å². The zero-order valence-corrected chi connectivity index (χ0v) is 8.63. The van der Waals surface area contributed by atoms with Crippen molar-refractivity contribution in [1.29, 1.82) is 0 Å². The average Bonchev–Trinajstić information content (AvgIpc) is 2.31. The number of rotatable bonds is 0. The summed E-state index contributed by atoms with van der Waals surface area (Å²) in [4.78, 5) is 0. The van der Waals surface area contributed by atoms with Gasteiger partial charge in [-0.2, -0.15) is 0 Å². The summed E-state index contributed by atoms with van der Waals surface area (Å²) < 4.78 is 3.18. The van der Waals surface area contributed by atoms with E-state index in [1.54, 1.807) is 11.3 Å². The molecule has 0 spiro atoms. The van der Waals surface area contributed by atoms with Crippen LogP contribution in [0.3, 0.4) is 0 Å². The van der Waals surface area contributed by atoms with Crippen LogP contribution in [0.5, 0.6) is 0 Å². The highest BCUT2D eigenvalue weighted by Gasteiger charge is 2.01. The second-order valence-electron chi connectivity index (χ2n) is 2.20. The third kappa shape index (κ3) is 1.31. The molecule has 2 aromatic rings. The fourth-order valence-electron chi connectivity index (χ4n) is 0.994. The average molecular weight is 248 g/mol. The monoisotopic (exact) mass is 246 g/mol. The van der Waals surface area contributed by atoms with Crippen LogP contribution in [0.15, 0.2) is 28.7 Å². The molecule has 0 saturated heterocycles. The van der Waals surface area contributed by atoms with E-state index in [-0.39, 0.29) is 0 Å². The fourth-order valence-corrected chi connectivity index (χ4v) is 2.78. The van der Waals surface area contributed by atoms with E-state index in [2.05, 4.69) is 22.0 Å². The van der Waals surface area contributed by atoms with Crippen molar-refractivity contribution < 1.29 is 0 Å². The van der Waals surface area contributed by atoms with E-state index in [4.69, 9.17) is 11.6 Å². The molecule has 0 aliphatic rings. The van der Waals surface area contributed by atoms with E-state index in [0.717, 1.165) is 8.81 Å². The predicted octanol–water partition coefficient (Wildman–Crippen LogP) is 4.32. The minimum atomic E-state index is 0.840. The lowest BCUT2D eigenvalue weighted by Gasteiger charge is -1.89. The van der Waals surface area contributed by atoms with E-state index in [1.165, 1.54) is 10.1 Å². The van der Waals surface area contributed by atoms with Crippen molar-refractivity contribution in [2.45, 2.75) is 0 Å². The number of halogens is 2. The van der Waals surface area contributed by atoms with Gasteiger partial charge in [-0.05, 0) is 18.2 Å². The summed E-state index contributed by atoms with van der Waals surface area (Å²) in [5.74, 6) is 0. The SMILES string of the molecule is Clc1cc2c(Br)cccc2s1. The normalized spacial score (nSPS) is 10.7. The van der Waals surface area contributed by atoms with Crippen LogP contribution in [-0.2, 0) is 0 Å². The molecule has 0 fully saturated rings. The van der Waals surface area contributed by atoms with Crippen LogP contribution in [-0.4, -0.2) is 0 Å². The maximum Gasteiger partial charge on any atom is 0.0941 e. The number of fused-ring (bicyclic) bond motifs is 1. The third-order valence-electron chi connectivity index (χ3n) is 1.48. The first-order valence-electron chi connectivity index (χ1n) is 3.11. The third-order valence-corrected chi connectivity index (χ3v) is 3.40. The predicted molar refractivity (Wildman–Crippen MR) is 54.5 cm³/mol. The molecule has 0 aliphatic heterocycles. The molecule has 1 aromatic heterocycles. The Labute approximate surface area is 81.9 Å². The Morgan fingerprint density at radius 3 is 2.91 bits per heavy atom. The Morgan fingerprint density at radius 1 is 1.36 bits per heavy atom. The van der Waals surface area contributed by atoms with Gasteiger partial charge in [0.1, 0.15) is 0 Å². The summed E-state index contributed by atoms with van der Waals surface area (Å²) in [7, 11) is 0. The van der Waals surface area contributed by atoms with E-state index in [1.807, 2.05) is 18.2 Å². The molecule has 11 heavy (non-hydrogen) atoms. The molecule has 0 nitrogen and oxygen atoms in total. The van der Waals surface area contributed by atoms with Gasteiger partial charge in [0.25, 0.3) is 0 Å². The second-order valence-corrected chi connectivity index (χ2v) is 4.77. The van der Waals surface area contributed by atoms with Gasteiger partial charge in [-0.1, -0.05) is 33.6 Å². The Bertz CT molecular complexity index is 394. The number of hydrogen-bond donors (Lipinski definition) is 0. The topological polar surface area (TPSA) is 0 Å². The Kier molecular flexibility index (Phi) is 1.91. The van der Waals surface area contributed by atoms with E-state index in [0.29, 0.717) is 0 Å². The van der Waals surface area contributed by atoms with Crippen molar-refractivity contribution in [1.82, 2.24) is 0 Å². The van der Waals surface area contributed by atoms with E-state index >= 15 is 0 Å². The molecular formula is C8H4BrClS. The molecule has 0 atom stereocenters. The molecule has 2 rings (SSSR count). The van der Waals surface area contributed by atoms with Gasteiger partial charge in [0.15, 0.2) is 0 Å². The molecule has 0 amide bonds. The maximum atomic E-state index is 5.85. The summed E-state index contributed by atoms with van der Waals surface area (Å²) in [5.41, 5.74) is 0. The smallest absolute Gasteiger partial charge is 0.0941 e. The van der Waals surface area contributed by atoms with Crippen LogP contribution in [0.1, 0.15) is 0 Å². The lowest BCUT2D eigenvalue weighted by molar-refractivity contribution is 1.79. The van der Waals surface area contributed by atoms with E-state index in [9.17, 15) is 0 Å². The van der Waals surface area contributed by atoms with Crippen molar-refractivity contribution in [3.05, 3.63) is 33.1 Å². The van der Waals surface area contributed by atoms with Gasteiger partial charge < -0.3 is 0 Å². The molecule has 56 valence electrons. The van der Waals surface area contributed by atoms with Gasteiger partial charge in [-0.3, -0.25) is 0 Å². The van der Waals surface area contributed by atoms with Gasteiger partial charge in [0.2, 0.25) is 0 Å². The Hall–Kier alpha value is -0.0500. The first-order valence-corrected chi connectivity index (χ1v) is 5.10. The van der Waals surface area contributed by atoms with Crippen LogP contribution < -0.4 is 0 Å². The molecule has 0 saturated carbocycles. The number of thiophene rings is 1. The van der Waals surface area contributed by atoms with Crippen molar-refractivity contribution >= 4 is 49.0 Å². The van der Waals surface area contributed by atoms with Crippen LogP contribution in [0.4, 0.5) is 0 Å². The van der Waals surface area contributed by atoms with Crippen LogP contribution >= 0.6 is 38.9 Å². The van der Waals surface area contributed by atoms with Crippen LogP contribution in [0.2, 0.25) is 4.34 Å². The van der Waals surface area contributed by atoms with E-state index < -0.39 is 0 Å². The zero-order chi connectivity index (χ0) is 7.84. The minimum Gasteiger partial charge on any atom is -0.123 e. The van der Waals surface area contributed by atoms with Gasteiger partial charge in [0.05, 0.1) is 4.34 Å². The van der Waals surface area contributed by atoms with Crippen molar-refractivity contribution in [3.63, 3.8) is 0 Å². The second kappa shape index (κ2) is 2.77.